The van der Waals surface area contributed by atoms with Gasteiger partial charge in [0.25, 0.3) is 0 Å². The maximum atomic E-state index is 12.1. The molecule has 0 aliphatic carbocycles. The lowest BCUT2D eigenvalue weighted by Gasteiger charge is -2.48. The van der Waals surface area contributed by atoms with Crippen LogP contribution < -0.4 is 0 Å². The summed E-state index contributed by atoms with van der Waals surface area (Å²) in [5, 5.41) is 15.6. The predicted molar refractivity (Wildman–Crippen MR) is 134 cm³/mol. The number of benzene rings is 3. The van der Waals surface area contributed by atoms with Gasteiger partial charge in [0.05, 0.1) is 0 Å². The molecule has 38 heavy (non-hydrogen) atoms. The molecule has 0 radical (unpaired) electrons. The standard InChI is InChI=1S/C28H28O10/c1-15(29)34-14-24-25(35-16(2)30)26(36-17(3)31)27(37-18(4)32)28(33,38-24)23-10-9-21-11-19-7-5-6-8-20(19)12-22(21)13-23/h5-13,24-27,33H,14H2,1-4H3/t24-,25+,26+,27-,28-/m1/s1. The molecule has 200 valence electrons. The first kappa shape index (κ1) is 27.0. The zero-order chi connectivity index (χ0) is 27.6. The molecule has 1 N–H and O–H groups in total. The van der Waals surface area contributed by atoms with Gasteiger partial charge in [-0.3, -0.25) is 19.2 Å². The second-order valence-electron chi connectivity index (χ2n) is 9.09. The first-order chi connectivity index (χ1) is 18.0. The molecule has 0 spiro atoms. The fraction of sp³-hybridized carbons (Fsp3) is 0.357. The van der Waals surface area contributed by atoms with Crippen LogP contribution in [0.3, 0.4) is 0 Å². The van der Waals surface area contributed by atoms with Crippen LogP contribution in [-0.2, 0) is 48.6 Å². The molecule has 1 heterocycles. The predicted octanol–water partition coefficient (Wildman–Crippen LogP) is 2.90. The van der Waals surface area contributed by atoms with E-state index in [2.05, 4.69) is 0 Å². The quantitative estimate of drug-likeness (QED) is 0.291. The lowest BCUT2D eigenvalue weighted by atomic mass is 9.86. The lowest BCUT2D eigenvalue weighted by Crippen LogP contribution is -2.66. The monoisotopic (exact) mass is 524 g/mol. The van der Waals surface area contributed by atoms with Crippen molar-refractivity contribution in [3.05, 3.63) is 60.2 Å². The highest BCUT2D eigenvalue weighted by Gasteiger charge is 2.60. The van der Waals surface area contributed by atoms with Gasteiger partial charge in [0, 0.05) is 33.3 Å². The van der Waals surface area contributed by atoms with Gasteiger partial charge in [0.2, 0.25) is 11.9 Å². The van der Waals surface area contributed by atoms with Crippen molar-refractivity contribution in [3.8, 4) is 0 Å². The summed E-state index contributed by atoms with van der Waals surface area (Å²) in [6.45, 7) is 4.09. The van der Waals surface area contributed by atoms with Gasteiger partial charge in [-0.25, -0.2) is 0 Å². The third-order valence-corrected chi connectivity index (χ3v) is 6.17. The smallest absolute Gasteiger partial charge is 0.303 e. The molecule has 1 saturated heterocycles. The van der Waals surface area contributed by atoms with Crippen LogP contribution in [0.1, 0.15) is 33.3 Å². The molecule has 1 fully saturated rings. The van der Waals surface area contributed by atoms with Gasteiger partial charge in [-0.1, -0.05) is 36.4 Å². The summed E-state index contributed by atoms with van der Waals surface area (Å²) in [7, 11) is 0. The fourth-order valence-corrected chi connectivity index (χ4v) is 4.68. The third-order valence-electron chi connectivity index (χ3n) is 6.17. The molecular weight excluding hydrogens is 496 g/mol. The number of carbonyl (C=O) groups excluding carboxylic acids is 4. The van der Waals surface area contributed by atoms with Crippen molar-refractivity contribution in [3.63, 3.8) is 0 Å². The molecule has 0 saturated carbocycles. The average Bonchev–Trinajstić information content (AvgIpc) is 2.84. The van der Waals surface area contributed by atoms with E-state index >= 15 is 0 Å². The fourth-order valence-electron chi connectivity index (χ4n) is 4.68. The van der Waals surface area contributed by atoms with E-state index in [0.29, 0.717) is 0 Å². The van der Waals surface area contributed by atoms with Crippen molar-refractivity contribution < 1.29 is 48.0 Å². The highest BCUT2D eigenvalue weighted by molar-refractivity contribution is 5.98. The number of rotatable bonds is 6. The van der Waals surface area contributed by atoms with Gasteiger partial charge in [0.15, 0.2) is 12.2 Å². The molecule has 0 aromatic heterocycles. The summed E-state index contributed by atoms with van der Waals surface area (Å²) in [6, 6.07) is 16.7. The van der Waals surface area contributed by atoms with E-state index in [1.54, 1.807) is 18.2 Å². The van der Waals surface area contributed by atoms with Crippen LogP contribution in [0.25, 0.3) is 21.5 Å². The van der Waals surface area contributed by atoms with Crippen molar-refractivity contribution >= 4 is 45.4 Å². The number of carbonyl (C=O) groups is 4. The maximum Gasteiger partial charge on any atom is 0.303 e. The van der Waals surface area contributed by atoms with Gasteiger partial charge in [-0.05, 0) is 39.7 Å². The number of fused-ring (bicyclic) bond motifs is 2. The first-order valence-electron chi connectivity index (χ1n) is 12.0. The Bertz CT molecular complexity index is 1400. The molecule has 1 aliphatic rings. The van der Waals surface area contributed by atoms with E-state index in [4.69, 9.17) is 23.7 Å². The van der Waals surface area contributed by atoms with Crippen molar-refractivity contribution in [2.45, 2.75) is 57.9 Å². The Morgan fingerprint density at radius 2 is 1.29 bits per heavy atom. The zero-order valence-electron chi connectivity index (χ0n) is 21.3. The minimum absolute atomic E-state index is 0.179. The molecule has 3 aromatic rings. The molecule has 10 heteroatoms. The summed E-state index contributed by atoms with van der Waals surface area (Å²) in [5.74, 6) is -5.38. The Balaban J connectivity index is 1.87. The minimum Gasteiger partial charge on any atom is -0.463 e. The number of hydrogen-bond donors (Lipinski definition) is 1. The average molecular weight is 525 g/mol. The van der Waals surface area contributed by atoms with E-state index < -0.39 is 60.7 Å². The Kier molecular flexibility index (Phi) is 7.66. The van der Waals surface area contributed by atoms with Gasteiger partial charge in [-0.15, -0.1) is 0 Å². The van der Waals surface area contributed by atoms with Crippen molar-refractivity contribution in [2.24, 2.45) is 0 Å². The molecule has 4 rings (SSSR count). The largest absolute Gasteiger partial charge is 0.463 e. The van der Waals surface area contributed by atoms with Crippen molar-refractivity contribution in [2.75, 3.05) is 6.61 Å². The Labute approximate surface area is 218 Å². The second kappa shape index (κ2) is 10.8. The SMILES string of the molecule is CC(=O)OC[C@H]1O[C@](O)(c2ccc3cc4ccccc4cc3c2)[C@H](OC(C)=O)[C@@H](OC(C)=O)[C@H]1OC(C)=O. The first-order valence-corrected chi connectivity index (χ1v) is 12.0. The van der Waals surface area contributed by atoms with E-state index in [-0.39, 0.29) is 5.56 Å². The van der Waals surface area contributed by atoms with Crippen LogP contribution in [0.5, 0.6) is 0 Å². The summed E-state index contributed by atoms with van der Waals surface area (Å²) in [4.78, 5) is 47.7. The Morgan fingerprint density at radius 3 is 1.87 bits per heavy atom. The molecular formula is C28H28O10. The van der Waals surface area contributed by atoms with Gasteiger partial charge >= 0.3 is 23.9 Å². The second-order valence-corrected chi connectivity index (χ2v) is 9.09. The number of esters is 4. The molecule has 10 nitrogen and oxygen atoms in total. The van der Waals surface area contributed by atoms with Crippen molar-refractivity contribution in [1.29, 1.82) is 0 Å². The van der Waals surface area contributed by atoms with Gasteiger partial charge < -0.3 is 28.8 Å². The van der Waals surface area contributed by atoms with E-state index in [0.717, 1.165) is 42.3 Å². The van der Waals surface area contributed by atoms with E-state index in [1.807, 2.05) is 36.4 Å². The number of ether oxygens (including phenoxy) is 5. The summed E-state index contributed by atoms with van der Waals surface area (Å²) in [5.41, 5.74) is 0.179. The summed E-state index contributed by atoms with van der Waals surface area (Å²) in [6.07, 6.45) is -5.78. The van der Waals surface area contributed by atoms with Crippen LogP contribution in [0.2, 0.25) is 0 Å². The highest BCUT2D eigenvalue weighted by Crippen LogP contribution is 2.42. The van der Waals surface area contributed by atoms with Crippen molar-refractivity contribution in [1.82, 2.24) is 0 Å². The van der Waals surface area contributed by atoms with Gasteiger partial charge in [0.1, 0.15) is 12.7 Å². The summed E-state index contributed by atoms with van der Waals surface area (Å²) < 4.78 is 27.4. The van der Waals surface area contributed by atoms with E-state index in [9.17, 15) is 24.3 Å². The number of hydrogen-bond acceptors (Lipinski definition) is 10. The third kappa shape index (κ3) is 5.61. The van der Waals surface area contributed by atoms with Crippen LogP contribution in [-0.4, -0.2) is 60.0 Å². The maximum absolute atomic E-state index is 12.1. The minimum atomic E-state index is -2.38. The van der Waals surface area contributed by atoms with Crippen LogP contribution in [0, 0.1) is 0 Å². The molecule has 0 amide bonds. The lowest BCUT2D eigenvalue weighted by molar-refractivity contribution is -0.360. The zero-order valence-corrected chi connectivity index (χ0v) is 21.3. The molecule has 0 unspecified atom stereocenters. The molecule has 5 atom stereocenters. The Morgan fingerprint density at radius 1 is 0.737 bits per heavy atom. The van der Waals surface area contributed by atoms with Crippen LogP contribution in [0.15, 0.2) is 54.6 Å². The topological polar surface area (TPSA) is 135 Å². The Hall–Kier alpha value is -4.02. The highest BCUT2D eigenvalue weighted by atomic mass is 16.7. The van der Waals surface area contributed by atoms with Gasteiger partial charge in [-0.2, -0.15) is 0 Å². The summed E-state index contributed by atoms with van der Waals surface area (Å²) >= 11 is 0. The number of aliphatic hydroxyl groups is 1. The van der Waals surface area contributed by atoms with E-state index in [1.165, 1.54) is 6.92 Å². The molecule has 0 bridgehead atoms. The van der Waals surface area contributed by atoms with Crippen LogP contribution >= 0.6 is 0 Å². The normalized spacial score (nSPS) is 25.0. The van der Waals surface area contributed by atoms with Crippen LogP contribution in [0.4, 0.5) is 0 Å². The molecule has 1 aliphatic heterocycles. The molecule has 3 aromatic carbocycles.